The van der Waals surface area contributed by atoms with Crippen LogP contribution in [-0.2, 0) is 0 Å². The fraction of sp³-hybridized carbons (Fsp3) is 0.370. The number of hydrogen-bond acceptors (Lipinski definition) is 3. The summed E-state index contributed by atoms with van der Waals surface area (Å²) >= 11 is 0. The maximum atomic E-state index is 5.87. The van der Waals surface area contributed by atoms with E-state index in [1.165, 1.54) is 32.1 Å². The number of aromatic nitrogens is 1. The molecule has 1 heterocycles. The predicted octanol–water partition coefficient (Wildman–Crippen LogP) is 7.54. The Kier molecular flexibility index (Phi) is 8.77. The Labute approximate surface area is 180 Å². The van der Waals surface area contributed by atoms with E-state index in [1.54, 1.807) is 0 Å². The quantitative estimate of drug-likeness (QED) is 0.293. The van der Waals surface area contributed by atoms with Crippen LogP contribution in [0.1, 0.15) is 63.6 Å². The number of rotatable bonds is 12. The SMILES string of the molecule is CCCCCCCCOc1ccc(/C=C/c2nc3ccccc3cc2OCC)cc1. The van der Waals surface area contributed by atoms with E-state index in [9.17, 15) is 0 Å². The van der Waals surface area contributed by atoms with Gasteiger partial charge in [0.25, 0.3) is 0 Å². The Morgan fingerprint density at radius 2 is 1.57 bits per heavy atom. The maximum Gasteiger partial charge on any atom is 0.145 e. The van der Waals surface area contributed by atoms with Crippen LogP contribution in [0.15, 0.2) is 54.6 Å². The first-order valence-electron chi connectivity index (χ1n) is 11.2. The molecule has 0 saturated heterocycles. The largest absolute Gasteiger partial charge is 0.494 e. The molecule has 3 aromatic rings. The molecular weight excluding hydrogens is 370 g/mol. The van der Waals surface area contributed by atoms with Crippen molar-refractivity contribution in [2.45, 2.75) is 52.4 Å². The van der Waals surface area contributed by atoms with Gasteiger partial charge in [-0.15, -0.1) is 0 Å². The average Bonchev–Trinajstić information content (AvgIpc) is 2.78. The van der Waals surface area contributed by atoms with Crippen molar-refractivity contribution >= 4 is 23.1 Å². The van der Waals surface area contributed by atoms with Crippen LogP contribution in [-0.4, -0.2) is 18.2 Å². The Bertz CT molecular complexity index is 931. The number of pyridine rings is 1. The zero-order valence-electron chi connectivity index (χ0n) is 18.3. The van der Waals surface area contributed by atoms with Gasteiger partial charge >= 0.3 is 0 Å². The number of hydrogen-bond donors (Lipinski definition) is 0. The highest BCUT2D eigenvalue weighted by Gasteiger charge is 2.05. The van der Waals surface area contributed by atoms with E-state index in [0.717, 1.165) is 46.7 Å². The van der Waals surface area contributed by atoms with Crippen LogP contribution < -0.4 is 9.47 Å². The summed E-state index contributed by atoms with van der Waals surface area (Å²) in [6.45, 7) is 5.65. The number of benzene rings is 2. The molecule has 0 aliphatic heterocycles. The van der Waals surface area contributed by atoms with Crippen LogP contribution in [0.4, 0.5) is 0 Å². The second-order valence-electron chi connectivity index (χ2n) is 7.52. The molecule has 0 amide bonds. The maximum absolute atomic E-state index is 5.87. The first kappa shape index (κ1) is 21.9. The molecular formula is C27H33NO2. The summed E-state index contributed by atoms with van der Waals surface area (Å²) in [4.78, 5) is 4.77. The molecule has 158 valence electrons. The average molecular weight is 404 g/mol. The molecule has 0 radical (unpaired) electrons. The standard InChI is InChI=1S/C27H33NO2/c1-3-5-6-7-8-11-20-30-24-17-14-22(15-18-24)16-19-26-27(29-4-2)21-23-12-9-10-13-25(23)28-26/h9-10,12-19,21H,3-8,11,20H2,1-2H3/b19-16+. The molecule has 0 unspecified atom stereocenters. The summed E-state index contributed by atoms with van der Waals surface area (Å²) in [7, 11) is 0. The second kappa shape index (κ2) is 12.0. The van der Waals surface area contributed by atoms with Crippen LogP contribution in [0.5, 0.6) is 11.5 Å². The molecule has 1 aromatic heterocycles. The fourth-order valence-electron chi connectivity index (χ4n) is 3.42. The monoisotopic (exact) mass is 403 g/mol. The lowest BCUT2D eigenvalue weighted by Gasteiger charge is -2.09. The van der Waals surface area contributed by atoms with Gasteiger partial charge in [0.15, 0.2) is 0 Å². The summed E-state index contributed by atoms with van der Waals surface area (Å²) in [5.74, 6) is 1.74. The number of ether oxygens (including phenoxy) is 2. The molecule has 3 nitrogen and oxygen atoms in total. The normalized spacial score (nSPS) is 11.3. The highest BCUT2D eigenvalue weighted by atomic mass is 16.5. The Hall–Kier alpha value is -2.81. The van der Waals surface area contributed by atoms with Gasteiger partial charge in [-0.1, -0.05) is 75.4 Å². The van der Waals surface area contributed by atoms with Crippen molar-refractivity contribution in [3.05, 3.63) is 65.9 Å². The number of unbranched alkanes of at least 4 members (excludes halogenated alkanes) is 5. The van der Waals surface area contributed by atoms with Gasteiger partial charge in [-0.05, 0) is 49.2 Å². The molecule has 0 saturated carbocycles. The second-order valence-corrected chi connectivity index (χ2v) is 7.52. The molecule has 0 aliphatic carbocycles. The number of fused-ring (bicyclic) bond motifs is 1. The third-order valence-corrected chi connectivity index (χ3v) is 5.10. The van der Waals surface area contributed by atoms with Gasteiger partial charge in [0, 0.05) is 5.39 Å². The molecule has 2 aromatic carbocycles. The molecule has 3 rings (SSSR count). The van der Waals surface area contributed by atoms with E-state index < -0.39 is 0 Å². The van der Waals surface area contributed by atoms with Gasteiger partial charge in [-0.3, -0.25) is 0 Å². The number of nitrogens with zero attached hydrogens (tertiary/aromatic N) is 1. The summed E-state index contributed by atoms with van der Waals surface area (Å²) < 4.78 is 11.7. The first-order valence-corrected chi connectivity index (χ1v) is 11.2. The van der Waals surface area contributed by atoms with Crippen LogP contribution in [0, 0.1) is 0 Å². The summed E-state index contributed by atoms with van der Waals surface area (Å²) in [6.07, 6.45) is 11.8. The van der Waals surface area contributed by atoms with Crippen molar-refractivity contribution in [3.8, 4) is 11.5 Å². The van der Waals surface area contributed by atoms with E-state index in [-0.39, 0.29) is 0 Å². The minimum atomic E-state index is 0.617. The third-order valence-electron chi connectivity index (χ3n) is 5.10. The van der Waals surface area contributed by atoms with Crippen LogP contribution in [0.3, 0.4) is 0 Å². The lowest BCUT2D eigenvalue weighted by Crippen LogP contribution is -1.97. The van der Waals surface area contributed by atoms with Gasteiger partial charge < -0.3 is 9.47 Å². The van der Waals surface area contributed by atoms with Gasteiger partial charge in [-0.25, -0.2) is 4.98 Å². The molecule has 0 N–H and O–H groups in total. The molecule has 30 heavy (non-hydrogen) atoms. The fourth-order valence-corrected chi connectivity index (χ4v) is 3.42. The molecule has 0 spiro atoms. The Balaban J connectivity index is 1.58. The molecule has 0 bridgehead atoms. The predicted molar refractivity (Wildman–Crippen MR) is 127 cm³/mol. The van der Waals surface area contributed by atoms with E-state index in [2.05, 4.69) is 37.3 Å². The van der Waals surface area contributed by atoms with Gasteiger partial charge in [0.2, 0.25) is 0 Å². The van der Waals surface area contributed by atoms with Gasteiger partial charge in [0.1, 0.15) is 17.2 Å². The molecule has 0 atom stereocenters. The highest BCUT2D eigenvalue weighted by Crippen LogP contribution is 2.25. The topological polar surface area (TPSA) is 31.4 Å². The van der Waals surface area contributed by atoms with Crippen molar-refractivity contribution in [1.82, 2.24) is 4.98 Å². The molecule has 3 heteroatoms. The number of para-hydroxylation sites is 1. The highest BCUT2D eigenvalue weighted by molar-refractivity contribution is 5.83. The smallest absolute Gasteiger partial charge is 0.145 e. The zero-order chi connectivity index (χ0) is 21.0. The first-order chi connectivity index (χ1) is 14.8. The van der Waals surface area contributed by atoms with Crippen molar-refractivity contribution in [3.63, 3.8) is 0 Å². The van der Waals surface area contributed by atoms with E-state index in [1.807, 2.05) is 43.3 Å². The van der Waals surface area contributed by atoms with Crippen LogP contribution in [0.25, 0.3) is 23.1 Å². The van der Waals surface area contributed by atoms with Crippen LogP contribution >= 0.6 is 0 Å². The van der Waals surface area contributed by atoms with Gasteiger partial charge in [-0.2, -0.15) is 0 Å². The summed E-state index contributed by atoms with van der Waals surface area (Å²) in [5, 5.41) is 1.09. The van der Waals surface area contributed by atoms with Crippen molar-refractivity contribution < 1.29 is 9.47 Å². The molecule has 0 aliphatic rings. The third kappa shape index (κ3) is 6.62. The Morgan fingerprint density at radius 1 is 0.800 bits per heavy atom. The minimum absolute atomic E-state index is 0.617. The molecule has 0 fully saturated rings. The minimum Gasteiger partial charge on any atom is -0.494 e. The van der Waals surface area contributed by atoms with Crippen molar-refractivity contribution in [1.29, 1.82) is 0 Å². The van der Waals surface area contributed by atoms with E-state index in [0.29, 0.717) is 6.61 Å². The van der Waals surface area contributed by atoms with E-state index in [4.69, 9.17) is 14.5 Å². The Morgan fingerprint density at radius 3 is 2.37 bits per heavy atom. The lowest BCUT2D eigenvalue weighted by atomic mass is 10.1. The van der Waals surface area contributed by atoms with Crippen molar-refractivity contribution in [2.75, 3.05) is 13.2 Å². The lowest BCUT2D eigenvalue weighted by molar-refractivity contribution is 0.304. The van der Waals surface area contributed by atoms with Crippen LogP contribution in [0.2, 0.25) is 0 Å². The zero-order valence-corrected chi connectivity index (χ0v) is 18.3. The summed E-state index contributed by atoms with van der Waals surface area (Å²) in [6, 6.07) is 18.4. The summed E-state index contributed by atoms with van der Waals surface area (Å²) in [5.41, 5.74) is 2.93. The van der Waals surface area contributed by atoms with Crippen molar-refractivity contribution in [2.24, 2.45) is 0 Å². The van der Waals surface area contributed by atoms with Gasteiger partial charge in [0.05, 0.1) is 18.7 Å². The van der Waals surface area contributed by atoms with E-state index >= 15 is 0 Å².